The minimum atomic E-state index is -1.02. The van der Waals surface area contributed by atoms with Crippen LogP contribution in [0.1, 0.15) is 43.5 Å². The number of fused-ring (bicyclic) bond motifs is 1. The summed E-state index contributed by atoms with van der Waals surface area (Å²) in [5, 5.41) is 0.437. The molecule has 1 atom stereocenters. The molecule has 1 fully saturated rings. The van der Waals surface area contributed by atoms with Crippen LogP contribution in [0.4, 0.5) is 14.6 Å². The number of aromatic nitrogens is 3. The van der Waals surface area contributed by atoms with E-state index in [1.54, 1.807) is 18.3 Å². The van der Waals surface area contributed by atoms with Crippen molar-refractivity contribution in [3.05, 3.63) is 101 Å². The zero-order valence-electron chi connectivity index (χ0n) is 24.2. The molecule has 2 aromatic carbocycles. The van der Waals surface area contributed by atoms with Gasteiger partial charge in [0.1, 0.15) is 11.6 Å². The van der Waals surface area contributed by atoms with E-state index >= 15 is 4.39 Å². The molecule has 0 bridgehead atoms. The van der Waals surface area contributed by atoms with E-state index in [4.69, 9.17) is 0 Å². The lowest BCUT2D eigenvalue weighted by Crippen LogP contribution is -2.54. The van der Waals surface area contributed by atoms with Crippen LogP contribution in [0.5, 0.6) is 0 Å². The number of benzene rings is 2. The lowest BCUT2D eigenvalue weighted by Gasteiger charge is -2.40. The van der Waals surface area contributed by atoms with Crippen molar-refractivity contribution < 1.29 is 13.6 Å². The first-order chi connectivity index (χ1) is 20.0. The molecule has 1 saturated heterocycles. The van der Waals surface area contributed by atoms with Gasteiger partial charge in [-0.2, -0.15) is 4.98 Å². The monoisotopic (exact) mass is 569 g/mol. The number of hydrogen-bond acceptors (Lipinski definition) is 5. The normalized spacial score (nSPS) is 15.4. The van der Waals surface area contributed by atoms with E-state index in [0.717, 1.165) is 16.8 Å². The third-order valence-electron chi connectivity index (χ3n) is 7.77. The summed E-state index contributed by atoms with van der Waals surface area (Å²) < 4.78 is 31.2. The molecule has 216 valence electrons. The molecule has 1 aliphatic rings. The zero-order valence-corrected chi connectivity index (χ0v) is 24.2. The van der Waals surface area contributed by atoms with Gasteiger partial charge in [-0.05, 0) is 54.7 Å². The van der Waals surface area contributed by atoms with Crippen LogP contribution in [0.3, 0.4) is 0 Å². The van der Waals surface area contributed by atoms with Crippen molar-refractivity contribution >= 4 is 28.7 Å². The predicted octanol–water partition coefficient (Wildman–Crippen LogP) is 6.18. The number of nitrogens with zero attached hydrogens (tertiary/aromatic N) is 5. The highest BCUT2D eigenvalue weighted by Gasteiger charge is 2.31. The van der Waals surface area contributed by atoms with E-state index in [-0.39, 0.29) is 31.6 Å². The molecule has 1 amide bonds. The number of aryl methyl sites for hydroxylation is 1. The van der Waals surface area contributed by atoms with Crippen molar-refractivity contribution in [2.45, 2.75) is 39.7 Å². The van der Waals surface area contributed by atoms with Gasteiger partial charge in [0, 0.05) is 42.8 Å². The Hall–Kier alpha value is -4.66. The second-order valence-electron chi connectivity index (χ2n) is 10.9. The molecule has 0 spiro atoms. The highest BCUT2D eigenvalue weighted by atomic mass is 19.1. The summed E-state index contributed by atoms with van der Waals surface area (Å²) in [6, 6.07) is 12.0. The van der Waals surface area contributed by atoms with Crippen LogP contribution in [0, 0.1) is 12.7 Å². The zero-order chi connectivity index (χ0) is 30.3. The molecule has 3 heterocycles. The molecule has 2 aromatic heterocycles. The maximum absolute atomic E-state index is 16.1. The molecule has 0 N–H and O–H groups in total. The van der Waals surface area contributed by atoms with E-state index < -0.39 is 23.2 Å². The minimum absolute atomic E-state index is 0.00108. The summed E-state index contributed by atoms with van der Waals surface area (Å²) in [6.45, 7) is 15.4. The smallest absolute Gasteiger partial charge is 0.350 e. The van der Waals surface area contributed by atoms with Gasteiger partial charge in [0.15, 0.2) is 5.83 Å². The van der Waals surface area contributed by atoms with Crippen LogP contribution in [-0.4, -0.2) is 51.0 Å². The average molecular weight is 570 g/mol. The van der Waals surface area contributed by atoms with E-state index in [2.05, 4.69) is 23.1 Å². The molecule has 0 unspecified atom stereocenters. The standard InChI is InChI=1S/C33H33F2N5O2/c1-7-23-10-8-9-11-24(23)25-17-28-26(16-27(25)35)31(39-15-14-38(18-21(39)5)32(41)22(6)34)37-33(42)40(28)30-20(4)12-13-36-29(30)19(2)3/h7-13,16-17,19,21H,1,6,14-15,18H2,2-5H3/t21-/m0/s1. The molecule has 0 aliphatic carbocycles. The molecular formula is C33H33F2N5O2. The summed E-state index contributed by atoms with van der Waals surface area (Å²) in [5.74, 6) is -1.96. The minimum Gasteiger partial charge on any atom is -0.350 e. The summed E-state index contributed by atoms with van der Waals surface area (Å²) in [7, 11) is 0. The number of pyridine rings is 1. The van der Waals surface area contributed by atoms with Crippen molar-refractivity contribution in [2.24, 2.45) is 0 Å². The van der Waals surface area contributed by atoms with E-state index in [1.807, 2.05) is 62.9 Å². The Morgan fingerprint density at radius 3 is 2.55 bits per heavy atom. The Labute approximate surface area is 243 Å². The molecule has 0 radical (unpaired) electrons. The maximum atomic E-state index is 16.1. The topological polar surface area (TPSA) is 71.3 Å². The fourth-order valence-corrected chi connectivity index (χ4v) is 5.70. The van der Waals surface area contributed by atoms with E-state index in [0.29, 0.717) is 33.5 Å². The number of carbonyl (C=O) groups is 1. The largest absolute Gasteiger partial charge is 0.354 e. The second kappa shape index (κ2) is 11.3. The highest BCUT2D eigenvalue weighted by Crippen LogP contribution is 2.36. The van der Waals surface area contributed by atoms with Crippen molar-refractivity contribution in [3.63, 3.8) is 0 Å². The van der Waals surface area contributed by atoms with Crippen molar-refractivity contribution in [1.82, 2.24) is 19.4 Å². The Bertz CT molecular complexity index is 1800. The number of amides is 1. The Kier molecular flexibility index (Phi) is 7.77. The van der Waals surface area contributed by atoms with Gasteiger partial charge >= 0.3 is 5.69 Å². The lowest BCUT2D eigenvalue weighted by atomic mass is 9.97. The highest BCUT2D eigenvalue weighted by molar-refractivity contribution is 5.95. The van der Waals surface area contributed by atoms with Gasteiger partial charge in [0.25, 0.3) is 5.91 Å². The first-order valence-electron chi connectivity index (χ1n) is 13.9. The van der Waals surface area contributed by atoms with Gasteiger partial charge in [0.05, 0.1) is 16.9 Å². The fraction of sp³-hybridized carbons (Fsp3) is 0.273. The SMILES string of the molecule is C=Cc1ccccc1-c1cc2c(cc1F)c(N1CCN(C(=O)C(=C)F)C[C@@H]1C)nc(=O)n2-c1c(C)ccnc1C(C)C. The van der Waals surface area contributed by atoms with Crippen LogP contribution < -0.4 is 10.6 Å². The lowest BCUT2D eigenvalue weighted by molar-refractivity contribution is -0.129. The number of anilines is 1. The summed E-state index contributed by atoms with van der Waals surface area (Å²) in [6.07, 6.45) is 3.38. The predicted molar refractivity (Wildman–Crippen MR) is 163 cm³/mol. The van der Waals surface area contributed by atoms with Crippen molar-refractivity contribution in [2.75, 3.05) is 24.5 Å². The quantitative estimate of drug-likeness (QED) is 0.259. The fourth-order valence-electron chi connectivity index (χ4n) is 5.70. The summed E-state index contributed by atoms with van der Waals surface area (Å²) in [5.41, 5.74) is 3.82. The maximum Gasteiger partial charge on any atom is 0.354 e. The van der Waals surface area contributed by atoms with Crippen LogP contribution >= 0.6 is 0 Å². The number of rotatable bonds is 6. The average Bonchev–Trinajstić information content (AvgIpc) is 2.96. The van der Waals surface area contributed by atoms with Gasteiger partial charge in [0.2, 0.25) is 0 Å². The van der Waals surface area contributed by atoms with Gasteiger partial charge in [-0.3, -0.25) is 14.3 Å². The molecule has 0 saturated carbocycles. The van der Waals surface area contributed by atoms with Crippen LogP contribution in [0.25, 0.3) is 33.8 Å². The summed E-state index contributed by atoms with van der Waals surface area (Å²) in [4.78, 5) is 38.6. The van der Waals surface area contributed by atoms with Crippen molar-refractivity contribution in [3.8, 4) is 16.8 Å². The van der Waals surface area contributed by atoms with E-state index in [9.17, 15) is 14.0 Å². The second-order valence-corrected chi connectivity index (χ2v) is 10.9. The molecule has 7 nitrogen and oxygen atoms in total. The first kappa shape index (κ1) is 28.9. The Morgan fingerprint density at radius 1 is 1.14 bits per heavy atom. The van der Waals surface area contributed by atoms with Crippen LogP contribution in [0.2, 0.25) is 0 Å². The molecule has 9 heteroatoms. The number of carbonyl (C=O) groups excluding carboxylic acids is 1. The van der Waals surface area contributed by atoms with Gasteiger partial charge in [-0.1, -0.05) is 57.3 Å². The number of piperazine rings is 1. The van der Waals surface area contributed by atoms with Gasteiger partial charge in [-0.25, -0.2) is 13.6 Å². The summed E-state index contributed by atoms with van der Waals surface area (Å²) >= 11 is 0. The third-order valence-corrected chi connectivity index (χ3v) is 7.77. The molecule has 1 aliphatic heterocycles. The molecule has 4 aromatic rings. The van der Waals surface area contributed by atoms with E-state index in [1.165, 1.54) is 15.5 Å². The van der Waals surface area contributed by atoms with Crippen LogP contribution in [-0.2, 0) is 4.79 Å². The van der Waals surface area contributed by atoms with Gasteiger partial charge < -0.3 is 9.80 Å². The number of halogens is 2. The number of hydrogen-bond donors (Lipinski definition) is 0. The van der Waals surface area contributed by atoms with Gasteiger partial charge in [-0.15, -0.1) is 0 Å². The Morgan fingerprint density at radius 2 is 1.88 bits per heavy atom. The third kappa shape index (κ3) is 5.00. The molecular weight excluding hydrogens is 536 g/mol. The van der Waals surface area contributed by atoms with Crippen LogP contribution in [0.15, 0.2) is 72.4 Å². The Balaban J connectivity index is 1.80. The first-order valence-corrected chi connectivity index (χ1v) is 13.9. The van der Waals surface area contributed by atoms with Crippen molar-refractivity contribution in [1.29, 1.82) is 0 Å². The molecule has 42 heavy (non-hydrogen) atoms. The molecule has 5 rings (SSSR count).